The van der Waals surface area contributed by atoms with E-state index in [0.29, 0.717) is 0 Å². The molecule has 0 radical (unpaired) electrons. The molecule has 1 saturated heterocycles. The third-order valence-electron chi connectivity index (χ3n) is 2.52. The smallest absolute Gasteiger partial charge is 0.154 e. The number of thiophene rings is 1. The normalized spacial score (nSPS) is 31.2. The van der Waals surface area contributed by atoms with Crippen LogP contribution in [-0.2, 0) is 10.5 Å². The Bertz CT molecular complexity index is 260. The highest BCUT2D eigenvalue weighted by atomic mass is 32.1. The molecule has 1 aliphatic rings. The Labute approximate surface area is 76.8 Å². The van der Waals surface area contributed by atoms with Gasteiger partial charge < -0.3 is 4.74 Å². The molecule has 1 fully saturated rings. The molecule has 0 amide bonds. The summed E-state index contributed by atoms with van der Waals surface area (Å²) in [6.45, 7) is 3.99. The number of rotatable bonds is 1. The number of hydrogen-bond acceptors (Lipinski definition) is 3. The zero-order chi connectivity index (χ0) is 8.60. The number of nitrogens with zero attached hydrogens (tertiary/aromatic N) is 1. The van der Waals surface area contributed by atoms with Crippen molar-refractivity contribution in [1.29, 1.82) is 0 Å². The van der Waals surface area contributed by atoms with E-state index in [4.69, 9.17) is 4.74 Å². The molecule has 1 aromatic heterocycles. The molecule has 1 unspecified atom stereocenters. The zero-order valence-electron chi connectivity index (χ0n) is 7.41. The predicted octanol–water partition coefficient (Wildman–Crippen LogP) is 1.88. The largest absolute Gasteiger partial charge is 0.354 e. The summed E-state index contributed by atoms with van der Waals surface area (Å²) >= 11 is 1.76. The van der Waals surface area contributed by atoms with Gasteiger partial charge in [-0.05, 0) is 25.4 Å². The van der Waals surface area contributed by atoms with Crippen molar-refractivity contribution in [1.82, 2.24) is 4.90 Å². The summed E-state index contributed by atoms with van der Waals surface area (Å²) in [6.07, 6.45) is 0. The topological polar surface area (TPSA) is 12.5 Å². The lowest BCUT2D eigenvalue weighted by atomic mass is 10.2. The van der Waals surface area contributed by atoms with Gasteiger partial charge in [-0.15, -0.1) is 11.3 Å². The summed E-state index contributed by atoms with van der Waals surface area (Å²) in [5, 5.41) is 2.09. The van der Waals surface area contributed by atoms with Gasteiger partial charge in [0.15, 0.2) is 5.72 Å². The van der Waals surface area contributed by atoms with Crippen molar-refractivity contribution >= 4 is 11.3 Å². The van der Waals surface area contributed by atoms with E-state index in [-0.39, 0.29) is 5.72 Å². The second-order valence-corrected chi connectivity index (χ2v) is 4.18. The van der Waals surface area contributed by atoms with Gasteiger partial charge in [0.1, 0.15) is 0 Å². The Morgan fingerprint density at radius 2 is 2.50 bits per heavy atom. The van der Waals surface area contributed by atoms with Gasteiger partial charge in [0, 0.05) is 6.54 Å². The zero-order valence-corrected chi connectivity index (χ0v) is 8.23. The number of ether oxygens (including phenoxy) is 1. The molecule has 2 heterocycles. The molecule has 0 aromatic carbocycles. The summed E-state index contributed by atoms with van der Waals surface area (Å²) in [4.78, 5) is 3.54. The maximum atomic E-state index is 5.73. The molecular formula is C9H13NOS. The molecule has 3 heteroatoms. The van der Waals surface area contributed by atoms with Crippen LogP contribution < -0.4 is 0 Å². The molecule has 1 aromatic rings. The van der Waals surface area contributed by atoms with Crippen molar-refractivity contribution in [2.45, 2.75) is 12.6 Å². The second-order valence-electron chi connectivity index (χ2n) is 3.23. The van der Waals surface area contributed by atoms with Crippen LogP contribution in [0.1, 0.15) is 11.8 Å². The summed E-state index contributed by atoms with van der Waals surface area (Å²) < 4.78 is 5.73. The van der Waals surface area contributed by atoms with Crippen LogP contribution in [0.4, 0.5) is 0 Å². The van der Waals surface area contributed by atoms with Crippen LogP contribution >= 0.6 is 11.3 Å². The Kier molecular flexibility index (Phi) is 1.94. The molecule has 0 N–H and O–H groups in total. The van der Waals surface area contributed by atoms with Crippen molar-refractivity contribution < 1.29 is 4.74 Å². The second kappa shape index (κ2) is 2.83. The summed E-state index contributed by atoms with van der Waals surface area (Å²) in [6, 6.07) is 4.20. The van der Waals surface area contributed by atoms with Gasteiger partial charge in [0.05, 0.1) is 11.5 Å². The van der Waals surface area contributed by atoms with Crippen LogP contribution in [0.25, 0.3) is 0 Å². The van der Waals surface area contributed by atoms with Crippen molar-refractivity contribution in [3.05, 3.63) is 22.4 Å². The fourth-order valence-corrected chi connectivity index (χ4v) is 2.40. The van der Waals surface area contributed by atoms with Gasteiger partial charge in [0.2, 0.25) is 0 Å². The van der Waals surface area contributed by atoms with E-state index >= 15 is 0 Å². The van der Waals surface area contributed by atoms with Gasteiger partial charge in [-0.3, -0.25) is 4.90 Å². The average molecular weight is 183 g/mol. The third kappa shape index (κ3) is 1.09. The number of hydrogen-bond donors (Lipinski definition) is 0. The molecule has 2 nitrogen and oxygen atoms in total. The average Bonchev–Trinajstić information content (AvgIpc) is 2.62. The van der Waals surface area contributed by atoms with E-state index in [9.17, 15) is 0 Å². The highest BCUT2D eigenvalue weighted by Gasteiger charge is 2.37. The van der Waals surface area contributed by atoms with E-state index in [2.05, 4.69) is 36.4 Å². The number of likely N-dealkylation sites (N-methyl/N-ethyl adjacent to an activating group) is 1. The minimum absolute atomic E-state index is 0.172. The predicted molar refractivity (Wildman–Crippen MR) is 50.3 cm³/mol. The minimum atomic E-state index is -0.172. The van der Waals surface area contributed by atoms with Gasteiger partial charge in [-0.2, -0.15) is 0 Å². The summed E-state index contributed by atoms with van der Waals surface area (Å²) in [5.41, 5.74) is -0.172. The highest BCUT2D eigenvalue weighted by Crippen LogP contribution is 2.34. The van der Waals surface area contributed by atoms with E-state index in [0.717, 1.165) is 13.2 Å². The van der Waals surface area contributed by atoms with E-state index in [1.807, 2.05) is 0 Å². The van der Waals surface area contributed by atoms with Crippen molar-refractivity contribution in [2.75, 3.05) is 20.2 Å². The van der Waals surface area contributed by atoms with Crippen molar-refractivity contribution in [3.8, 4) is 0 Å². The van der Waals surface area contributed by atoms with Crippen LogP contribution in [-0.4, -0.2) is 25.1 Å². The third-order valence-corrected chi connectivity index (χ3v) is 3.58. The van der Waals surface area contributed by atoms with Crippen LogP contribution in [0.15, 0.2) is 17.5 Å². The Morgan fingerprint density at radius 1 is 1.67 bits per heavy atom. The van der Waals surface area contributed by atoms with Gasteiger partial charge in [-0.25, -0.2) is 0 Å². The van der Waals surface area contributed by atoms with Crippen LogP contribution in [0.2, 0.25) is 0 Å². The molecule has 66 valence electrons. The fourth-order valence-electron chi connectivity index (χ4n) is 1.51. The minimum Gasteiger partial charge on any atom is -0.354 e. The van der Waals surface area contributed by atoms with Crippen LogP contribution in [0.5, 0.6) is 0 Å². The monoisotopic (exact) mass is 183 g/mol. The Balaban J connectivity index is 2.32. The molecule has 12 heavy (non-hydrogen) atoms. The van der Waals surface area contributed by atoms with Crippen molar-refractivity contribution in [2.24, 2.45) is 0 Å². The van der Waals surface area contributed by atoms with Crippen LogP contribution in [0.3, 0.4) is 0 Å². The van der Waals surface area contributed by atoms with E-state index < -0.39 is 0 Å². The van der Waals surface area contributed by atoms with E-state index in [1.54, 1.807) is 11.3 Å². The van der Waals surface area contributed by atoms with Crippen molar-refractivity contribution in [3.63, 3.8) is 0 Å². The van der Waals surface area contributed by atoms with E-state index in [1.165, 1.54) is 4.88 Å². The highest BCUT2D eigenvalue weighted by molar-refractivity contribution is 7.10. The molecule has 1 aliphatic heterocycles. The summed E-state index contributed by atoms with van der Waals surface area (Å²) in [5.74, 6) is 0. The quantitative estimate of drug-likeness (QED) is 0.659. The first-order chi connectivity index (χ1) is 5.73. The molecule has 0 bridgehead atoms. The first-order valence-corrected chi connectivity index (χ1v) is 5.00. The van der Waals surface area contributed by atoms with Gasteiger partial charge in [0.25, 0.3) is 0 Å². The summed E-state index contributed by atoms with van der Waals surface area (Å²) in [7, 11) is 2.10. The maximum absolute atomic E-state index is 5.73. The molecule has 2 rings (SSSR count). The lowest BCUT2D eigenvalue weighted by Gasteiger charge is -2.29. The molecule has 0 spiro atoms. The maximum Gasteiger partial charge on any atom is 0.154 e. The molecule has 1 atom stereocenters. The lowest BCUT2D eigenvalue weighted by molar-refractivity contribution is -0.0586. The molecule has 0 saturated carbocycles. The first kappa shape index (κ1) is 8.23. The molecule has 0 aliphatic carbocycles. The standard InChI is InChI=1S/C9H13NOS/c1-9(8-4-3-7-12-8)10(2)5-6-11-9/h3-4,7H,5-6H2,1-2H3. The Morgan fingerprint density at radius 3 is 3.00 bits per heavy atom. The fraction of sp³-hybridized carbons (Fsp3) is 0.556. The lowest BCUT2D eigenvalue weighted by Crippen LogP contribution is -2.35. The van der Waals surface area contributed by atoms with Gasteiger partial charge >= 0.3 is 0 Å². The van der Waals surface area contributed by atoms with Gasteiger partial charge in [-0.1, -0.05) is 6.07 Å². The molecular weight excluding hydrogens is 170 g/mol. The Hall–Kier alpha value is -0.380. The SMILES string of the molecule is CN1CCOC1(C)c1cccs1. The van der Waals surface area contributed by atoms with Crippen LogP contribution in [0, 0.1) is 0 Å². The first-order valence-electron chi connectivity index (χ1n) is 4.13.